The normalized spacial score (nSPS) is 23.1. The first-order valence-electron chi connectivity index (χ1n) is 10.9. The fraction of sp³-hybridized carbons (Fsp3) is 0.269. The molecule has 1 atom stereocenters. The lowest BCUT2D eigenvalue weighted by molar-refractivity contribution is -0.138. The van der Waals surface area contributed by atoms with E-state index in [0.717, 1.165) is 0 Å². The summed E-state index contributed by atoms with van der Waals surface area (Å²) in [4.78, 5) is 42.8. The molecule has 1 amide bonds. The zero-order valence-electron chi connectivity index (χ0n) is 19.1. The number of ether oxygens (including phenoxy) is 1. The molecular formula is C26H24ClN3O4. The van der Waals surface area contributed by atoms with Crippen LogP contribution in [0.3, 0.4) is 0 Å². The molecule has 7 nitrogen and oxygen atoms in total. The third-order valence-electron chi connectivity index (χ3n) is 6.75. The fourth-order valence-electron chi connectivity index (χ4n) is 5.48. The van der Waals surface area contributed by atoms with Crippen molar-refractivity contribution in [2.75, 3.05) is 17.3 Å². The van der Waals surface area contributed by atoms with Crippen LogP contribution >= 0.6 is 11.6 Å². The average molecular weight is 478 g/mol. The summed E-state index contributed by atoms with van der Waals surface area (Å²) < 4.78 is 5.13. The van der Waals surface area contributed by atoms with E-state index >= 15 is 0 Å². The topological polar surface area (TPSA) is 102 Å². The molecule has 0 aromatic heterocycles. The van der Waals surface area contributed by atoms with E-state index in [1.165, 1.54) is 7.11 Å². The van der Waals surface area contributed by atoms with Crippen LogP contribution in [0.1, 0.15) is 32.3 Å². The van der Waals surface area contributed by atoms with Crippen molar-refractivity contribution in [3.8, 4) is 0 Å². The summed E-state index contributed by atoms with van der Waals surface area (Å²) in [5.41, 5.74) is 6.91. The van der Waals surface area contributed by atoms with Gasteiger partial charge in [-0.05, 0) is 42.2 Å². The Morgan fingerprint density at radius 2 is 1.82 bits per heavy atom. The van der Waals surface area contributed by atoms with Gasteiger partial charge < -0.3 is 15.8 Å². The number of hydrogen-bond donors (Lipinski definition) is 2. The molecule has 0 saturated heterocycles. The number of nitrogens with zero attached hydrogens (tertiary/aromatic N) is 1. The van der Waals surface area contributed by atoms with Gasteiger partial charge >= 0.3 is 5.97 Å². The third-order valence-corrected chi connectivity index (χ3v) is 6.98. The monoisotopic (exact) mass is 477 g/mol. The second kappa shape index (κ2) is 7.46. The summed E-state index contributed by atoms with van der Waals surface area (Å²) in [6, 6.07) is 14.2. The molecule has 2 aliphatic heterocycles. The van der Waals surface area contributed by atoms with Crippen LogP contribution in [-0.4, -0.2) is 24.8 Å². The van der Waals surface area contributed by atoms with Crippen molar-refractivity contribution in [1.29, 1.82) is 0 Å². The standard InChI is InChI=1S/C26H24ClN3O4/c1-25(2)12-18-20(19(31)13-25)26(16-11-14(27)9-10-17(16)29-24(26)33)21(23(32)34-3)22(28)30(18)15-7-5-4-6-8-15/h4-11H,12-13,28H2,1-3H3,(H,29,33). The van der Waals surface area contributed by atoms with Crippen LogP contribution in [0.15, 0.2) is 71.2 Å². The number of carbonyl (C=O) groups is 3. The van der Waals surface area contributed by atoms with Crippen LogP contribution < -0.4 is 16.0 Å². The molecule has 1 aliphatic carbocycles. The van der Waals surface area contributed by atoms with Gasteiger partial charge in [-0.1, -0.05) is 43.6 Å². The Morgan fingerprint density at radius 3 is 2.50 bits per heavy atom. The number of fused-ring (bicyclic) bond motifs is 3. The van der Waals surface area contributed by atoms with Crippen LogP contribution in [0, 0.1) is 5.41 Å². The minimum atomic E-state index is -1.76. The van der Waals surface area contributed by atoms with E-state index in [2.05, 4.69) is 5.32 Å². The number of allylic oxidation sites excluding steroid dienone is 1. The summed E-state index contributed by atoms with van der Waals surface area (Å²) in [5, 5.41) is 3.21. The van der Waals surface area contributed by atoms with Gasteiger partial charge in [0.15, 0.2) is 5.78 Å². The van der Waals surface area contributed by atoms with Crippen molar-refractivity contribution in [1.82, 2.24) is 0 Å². The Bertz CT molecular complexity index is 1330. The van der Waals surface area contributed by atoms with Crippen molar-refractivity contribution >= 4 is 40.6 Å². The molecule has 8 heteroatoms. The van der Waals surface area contributed by atoms with Crippen LogP contribution in [0.25, 0.3) is 0 Å². The van der Waals surface area contributed by atoms with Crippen molar-refractivity contribution in [3.63, 3.8) is 0 Å². The molecule has 1 spiro atoms. The molecule has 0 radical (unpaired) electrons. The molecule has 1 unspecified atom stereocenters. The molecule has 174 valence electrons. The highest BCUT2D eigenvalue weighted by Crippen LogP contribution is 2.57. The van der Waals surface area contributed by atoms with E-state index in [0.29, 0.717) is 34.1 Å². The van der Waals surface area contributed by atoms with E-state index < -0.39 is 17.3 Å². The lowest BCUT2D eigenvalue weighted by atomic mass is 9.60. The highest BCUT2D eigenvalue weighted by atomic mass is 35.5. The van der Waals surface area contributed by atoms with Crippen LogP contribution in [-0.2, 0) is 24.5 Å². The Morgan fingerprint density at radius 1 is 1.12 bits per heavy atom. The van der Waals surface area contributed by atoms with Gasteiger partial charge in [-0.15, -0.1) is 0 Å². The van der Waals surface area contributed by atoms with Gasteiger partial charge in [0.05, 0.1) is 7.11 Å². The highest BCUT2D eigenvalue weighted by Gasteiger charge is 2.63. The number of esters is 1. The number of rotatable bonds is 2. The van der Waals surface area contributed by atoms with Gasteiger partial charge in [-0.3, -0.25) is 14.5 Å². The maximum absolute atomic E-state index is 13.9. The maximum Gasteiger partial charge on any atom is 0.339 e. The van der Waals surface area contributed by atoms with Gasteiger partial charge in [0, 0.05) is 39.7 Å². The number of carbonyl (C=O) groups excluding carboxylic acids is 3. The van der Waals surface area contributed by atoms with E-state index in [1.807, 2.05) is 44.2 Å². The number of Topliss-reactive ketones (excluding diaryl/α,β-unsaturated/α-hetero) is 1. The number of ketones is 1. The Hall–Kier alpha value is -3.58. The van der Waals surface area contributed by atoms with E-state index in [1.54, 1.807) is 23.1 Å². The number of nitrogens with two attached hydrogens (primary N) is 1. The number of para-hydroxylation sites is 1. The average Bonchev–Trinajstić information content (AvgIpc) is 3.04. The zero-order chi connectivity index (χ0) is 24.4. The smallest absolute Gasteiger partial charge is 0.339 e. The van der Waals surface area contributed by atoms with Crippen molar-refractivity contribution < 1.29 is 19.1 Å². The van der Waals surface area contributed by atoms with Crippen LogP contribution in [0.4, 0.5) is 11.4 Å². The Kier molecular flexibility index (Phi) is 4.88. The van der Waals surface area contributed by atoms with Crippen LogP contribution in [0.2, 0.25) is 5.02 Å². The minimum absolute atomic E-state index is 0.0466. The van der Waals surface area contributed by atoms with Crippen molar-refractivity contribution in [2.24, 2.45) is 11.1 Å². The molecule has 2 heterocycles. The molecule has 0 fully saturated rings. The first-order chi connectivity index (χ1) is 16.1. The predicted molar refractivity (Wildman–Crippen MR) is 129 cm³/mol. The number of halogens is 1. The number of anilines is 2. The molecule has 3 N–H and O–H groups in total. The van der Waals surface area contributed by atoms with Crippen LogP contribution in [0.5, 0.6) is 0 Å². The molecule has 2 aromatic carbocycles. The Balaban J connectivity index is 1.94. The molecule has 0 bridgehead atoms. The first kappa shape index (κ1) is 22.2. The number of benzene rings is 2. The molecular weight excluding hydrogens is 454 g/mol. The number of hydrogen-bond acceptors (Lipinski definition) is 6. The summed E-state index contributed by atoms with van der Waals surface area (Å²) in [5.74, 6) is -1.48. The minimum Gasteiger partial charge on any atom is -0.466 e. The van der Waals surface area contributed by atoms with Gasteiger partial charge in [0.2, 0.25) is 5.91 Å². The summed E-state index contributed by atoms with van der Waals surface area (Å²) in [6.07, 6.45) is 0.691. The van der Waals surface area contributed by atoms with Gasteiger partial charge in [0.25, 0.3) is 0 Å². The number of amides is 1. The first-order valence-corrected chi connectivity index (χ1v) is 11.3. The van der Waals surface area contributed by atoms with Crippen molar-refractivity contribution in [2.45, 2.75) is 32.1 Å². The lowest BCUT2D eigenvalue weighted by Crippen LogP contribution is -2.54. The quantitative estimate of drug-likeness (QED) is 0.633. The summed E-state index contributed by atoms with van der Waals surface area (Å²) in [7, 11) is 1.23. The van der Waals surface area contributed by atoms with E-state index in [4.69, 9.17) is 22.1 Å². The number of nitrogens with one attached hydrogen (secondary N) is 1. The highest BCUT2D eigenvalue weighted by molar-refractivity contribution is 6.31. The third kappa shape index (κ3) is 2.93. The predicted octanol–water partition coefficient (Wildman–Crippen LogP) is 4.04. The summed E-state index contributed by atoms with van der Waals surface area (Å²) in [6.45, 7) is 4.00. The summed E-state index contributed by atoms with van der Waals surface area (Å²) >= 11 is 6.34. The molecule has 2 aromatic rings. The maximum atomic E-state index is 13.9. The van der Waals surface area contributed by atoms with E-state index in [-0.39, 0.29) is 34.6 Å². The number of methoxy groups -OCH3 is 1. The molecule has 0 saturated carbocycles. The van der Waals surface area contributed by atoms with Gasteiger partial charge in [0.1, 0.15) is 16.8 Å². The second-order valence-corrected chi connectivity index (χ2v) is 10.0. The Labute approximate surface area is 202 Å². The SMILES string of the molecule is COC(=O)C1=C(N)N(c2ccccc2)C2=C(C(=O)CC(C)(C)C2)C12C(=O)Nc1ccc(Cl)cc12. The molecule has 5 rings (SSSR count). The molecule has 3 aliphatic rings. The largest absolute Gasteiger partial charge is 0.466 e. The zero-order valence-corrected chi connectivity index (χ0v) is 19.8. The molecule has 34 heavy (non-hydrogen) atoms. The van der Waals surface area contributed by atoms with Gasteiger partial charge in [-0.2, -0.15) is 0 Å². The lowest BCUT2D eigenvalue weighted by Gasteiger charge is -2.47. The van der Waals surface area contributed by atoms with E-state index in [9.17, 15) is 14.4 Å². The fourth-order valence-corrected chi connectivity index (χ4v) is 5.65. The van der Waals surface area contributed by atoms with Gasteiger partial charge in [-0.25, -0.2) is 4.79 Å². The van der Waals surface area contributed by atoms with Crippen molar-refractivity contribution in [3.05, 3.63) is 81.8 Å². The second-order valence-electron chi connectivity index (χ2n) is 9.58.